The zero-order valence-corrected chi connectivity index (χ0v) is 14.1. The van der Waals surface area contributed by atoms with Gasteiger partial charge in [-0.1, -0.05) is 35.3 Å². The molecule has 11 heteroatoms. The van der Waals surface area contributed by atoms with Crippen molar-refractivity contribution in [2.75, 3.05) is 5.43 Å². The van der Waals surface area contributed by atoms with E-state index >= 15 is 0 Å². The minimum Gasteiger partial charge on any atom is -0.272 e. The SMILES string of the molecule is NS(=O)(=O)c1ccc(N/N=C\c2cccc(Cl)c2Cl)c([N+](=O)[O-])c1. The summed E-state index contributed by atoms with van der Waals surface area (Å²) in [6.45, 7) is 0. The molecule has 2 aromatic rings. The molecule has 0 aliphatic heterocycles. The van der Waals surface area contributed by atoms with Crippen molar-refractivity contribution in [2.45, 2.75) is 4.90 Å². The number of hydrazone groups is 1. The third-order valence-electron chi connectivity index (χ3n) is 2.86. The van der Waals surface area contributed by atoms with E-state index in [4.69, 9.17) is 28.3 Å². The number of nitrogens with zero attached hydrogens (tertiary/aromatic N) is 2. The minimum atomic E-state index is -4.05. The molecule has 0 aromatic heterocycles. The summed E-state index contributed by atoms with van der Waals surface area (Å²) >= 11 is 11.9. The number of halogens is 2. The quantitative estimate of drug-likeness (QED) is 0.462. The predicted molar refractivity (Wildman–Crippen MR) is 92.1 cm³/mol. The number of nitrogens with two attached hydrogens (primary N) is 1. The molecule has 0 heterocycles. The number of benzene rings is 2. The van der Waals surface area contributed by atoms with Crippen LogP contribution < -0.4 is 10.6 Å². The topological polar surface area (TPSA) is 128 Å². The van der Waals surface area contributed by atoms with E-state index in [2.05, 4.69) is 10.5 Å². The van der Waals surface area contributed by atoms with Crippen LogP contribution in [0.5, 0.6) is 0 Å². The van der Waals surface area contributed by atoms with Gasteiger partial charge in [-0.2, -0.15) is 5.10 Å². The maximum absolute atomic E-state index is 11.3. The highest BCUT2D eigenvalue weighted by Gasteiger charge is 2.18. The number of primary sulfonamides is 1. The van der Waals surface area contributed by atoms with Crippen LogP contribution in [0, 0.1) is 10.1 Å². The van der Waals surface area contributed by atoms with Crippen molar-refractivity contribution >= 4 is 50.8 Å². The Kier molecular flexibility index (Phi) is 5.40. The lowest BCUT2D eigenvalue weighted by Gasteiger charge is -2.04. The normalized spacial score (nSPS) is 11.6. The van der Waals surface area contributed by atoms with Crippen LogP contribution in [-0.2, 0) is 10.0 Å². The summed E-state index contributed by atoms with van der Waals surface area (Å²) in [4.78, 5) is 9.95. The molecule has 0 saturated carbocycles. The Hall–Kier alpha value is -2.20. The number of sulfonamides is 1. The predicted octanol–water partition coefficient (Wildman–Crippen LogP) is 3.00. The molecule has 0 fully saturated rings. The van der Waals surface area contributed by atoms with Gasteiger partial charge in [0.2, 0.25) is 10.0 Å². The maximum Gasteiger partial charge on any atom is 0.295 e. The first kappa shape index (κ1) is 18.1. The third kappa shape index (κ3) is 4.20. The zero-order valence-electron chi connectivity index (χ0n) is 11.8. The lowest BCUT2D eigenvalue weighted by molar-refractivity contribution is -0.384. The minimum absolute atomic E-state index is 0.0122. The van der Waals surface area contributed by atoms with E-state index in [1.807, 2.05) is 0 Å². The first-order valence-corrected chi connectivity index (χ1v) is 8.54. The monoisotopic (exact) mass is 388 g/mol. The number of nitro groups is 1. The van der Waals surface area contributed by atoms with Crippen molar-refractivity contribution < 1.29 is 13.3 Å². The van der Waals surface area contributed by atoms with Gasteiger partial charge in [0.15, 0.2) is 0 Å². The lowest BCUT2D eigenvalue weighted by Crippen LogP contribution is -2.12. The molecule has 0 unspecified atom stereocenters. The van der Waals surface area contributed by atoms with Crippen LogP contribution in [0.1, 0.15) is 5.56 Å². The molecule has 8 nitrogen and oxygen atoms in total. The highest BCUT2D eigenvalue weighted by atomic mass is 35.5. The molecule has 2 aromatic carbocycles. The molecule has 0 amide bonds. The summed E-state index contributed by atoms with van der Waals surface area (Å²) in [6.07, 6.45) is 1.32. The van der Waals surface area contributed by atoms with Crippen LogP contribution in [-0.4, -0.2) is 19.6 Å². The van der Waals surface area contributed by atoms with E-state index in [1.54, 1.807) is 18.2 Å². The van der Waals surface area contributed by atoms with Gasteiger partial charge in [-0.15, -0.1) is 0 Å². The van der Waals surface area contributed by atoms with Crippen molar-refractivity contribution in [1.82, 2.24) is 0 Å². The fourth-order valence-corrected chi connectivity index (χ4v) is 2.62. The average Bonchev–Trinajstić information content (AvgIpc) is 2.50. The number of nitro benzene ring substituents is 1. The van der Waals surface area contributed by atoms with Crippen molar-refractivity contribution in [3.8, 4) is 0 Å². The van der Waals surface area contributed by atoms with Gasteiger partial charge in [0.25, 0.3) is 5.69 Å². The first-order chi connectivity index (χ1) is 11.2. The Labute approximate surface area is 147 Å². The summed E-state index contributed by atoms with van der Waals surface area (Å²) in [5, 5.41) is 20.5. The highest BCUT2D eigenvalue weighted by Crippen LogP contribution is 2.27. The van der Waals surface area contributed by atoms with Crippen LogP contribution in [0.2, 0.25) is 10.0 Å². The zero-order chi connectivity index (χ0) is 17.9. The number of hydrogen-bond acceptors (Lipinski definition) is 6. The summed E-state index contributed by atoms with van der Waals surface area (Å²) < 4.78 is 22.5. The van der Waals surface area contributed by atoms with Gasteiger partial charge >= 0.3 is 0 Å². The lowest BCUT2D eigenvalue weighted by atomic mass is 10.2. The fourth-order valence-electron chi connectivity index (χ4n) is 1.73. The largest absolute Gasteiger partial charge is 0.295 e. The van der Waals surface area contributed by atoms with Crippen LogP contribution in [0.25, 0.3) is 0 Å². The second kappa shape index (κ2) is 7.14. The Morgan fingerprint density at radius 2 is 1.96 bits per heavy atom. The number of nitrogens with one attached hydrogen (secondary N) is 1. The summed E-state index contributed by atoms with van der Waals surface area (Å²) in [6, 6.07) is 8.09. The van der Waals surface area contributed by atoms with E-state index in [0.717, 1.165) is 12.1 Å². The Bertz CT molecular complexity index is 932. The van der Waals surface area contributed by atoms with Gasteiger partial charge in [0.1, 0.15) is 5.69 Å². The summed E-state index contributed by atoms with van der Waals surface area (Å²) in [5.41, 5.74) is 2.46. The molecule has 24 heavy (non-hydrogen) atoms. The highest BCUT2D eigenvalue weighted by molar-refractivity contribution is 7.89. The van der Waals surface area contributed by atoms with Gasteiger partial charge in [0.05, 0.1) is 26.1 Å². The average molecular weight is 389 g/mol. The molecule has 0 spiro atoms. The number of hydrogen-bond donors (Lipinski definition) is 2. The maximum atomic E-state index is 11.3. The summed E-state index contributed by atoms with van der Waals surface area (Å²) in [7, 11) is -4.05. The molecule has 0 saturated heterocycles. The molecular formula is C13H10Cl2N4O4S. The summed E-state index contributed by atoms with van der Waals surface area (Å²) in [5.74, 6) is 0. The van der Waals surface area contributed by atoms with E-state index in [0.29, 0.717) is 10.6 Å². The van der Waals surface area contributed by atoms with Gasteiger partial charge in [-0.05, 0) is 18.2 Å². The standard InChI is InChI=1S/C13H10Cl2N4O4S/c14-10-3-1-2-8(13(10)15)7-17-18-11-5-4-9(24(16,22)23)6-12(11)19(20)21/h1-7,18H,(H2,16,22,23)/b17-7-. The smallest absolute Gasteiger partial charge is 0.272 e. The Morgan fingerprint density at radius 3 is 2.58 bits per heavy atom. The first-order valence-electron chi connectivity index (χ1n) is 6.24. The fraction of sp³-hybridized carbons (Fsp3) is 0. The van der Waals surface area contributed by atoms with Crippen LogP contribution >= 0.6 is 23.2 Å². The van der Waals surface area contributed by atoms with Gasteiger partial charge in [-0.3, -0.25) is 15.5 Å². The Morgan fingerprint density at radius 1 is 1.25 bits per heavy atom. The number of rotatable bonds is 5. The number of anilines is 1. The van der Waals surface area contributed by atoms with Crippen LogP contribution in [0.15, 0.2) is 46.4 Å². The van der Waals surface area contributed by atoms with Gasteiger partial charge < -0.3 is 0 Å². The van der Waals surface area contributed by atoms with E-state index in [9.17, 15) is 18.5 Å². The van der Waals surface area contributed by atoms with E-state index < -0.39 is 20.6 Å². The van der Waals surface area contributed by atoms with E-state index in [-0.39, 0.29) is 15.6 Å². The molecule has 2 rings (SSSR count). The van der Waals surface area contributed by atoms with Crippen LogP contribution in [0.4, 0.5) is 11.4 Å². The molecule has 0 aliphatic carbocycles. The van der Waals surface area contributed by atoms with Crippen molar-refractivity contribution in [2.24, 2.45) is 10.2 Å². The molecule has 0 atom stereocenters. The molecule has 126 valence electrons. The second-order valence-electron chi connectivity index (χ2n) is 4.49. The van der Waals surface area contributed by atoms with Crippen LogP contribution in [0.3, 0.4) is 0 Å². The second-order valence-corrected chi connectivity index (χ2v) is 6.84. The van der Waals surface area contributed by atoms with Crippen molar-refractivity contribution in [1.29, 1.82) is 0 Å². The third-order valence-corrected chi connectivity index (χ3v) is 4.61. The van der Waals surface area contributed by atoms with Crippen molar-refractivity contribution in [3.05, 3.63) is 62.1 Å². The van der Waals surface area contributed by atoms with E-state index in [1.165, 1.54) is 12.3 Å². The van der Waals surface area contributed by atoms with Gasteiger partial charge in [0, 0.05) is 11.6 Å². The molecule has 3 N–H and O–H groups in total. The molecule has 0 bridgehead atoms. The molecular weight excluding hydrogens is 379 g/mol. The molecule has 0 aliphatic rings. The molecule has 0 radical (unpaired) electrons. The Balaban J connectivity index is 2.31. The van der Waals surface area contributed by atoms with Crippen molar-refractivity contribution in [3.63, 3.8) is 0 Å². The van der Waals surface area contributed by atoms with Gasteiger partial charge in [-0.25, -0.2) is 13.6 Å².